The lowest BCUT2D eigenvalue weighted by Crippen LogP contribution is -2.22. The molecule has 31 heavy (non-hydrogen) atoms. The van der Waals surface area contributed by atoms with Gasteiger partial charge in [0.05, 0.1) is 15.5 Å². The zero-order valence-corrected chi connectivity index (χ0v) is 18.8. The van der Waals surface area contributed by atoms with E-state index in [4.69, 9.17) is 16.3 Å². The lowest BCUT2D eigenvalue weighted by molar-refractivity contribution is -0.119. The molecule has 0 saturated carbocycles. The van der Waals surface area contributed by atoms with Crippen LogP contribution in [0.15, 0.2) is 41.3 Å². The monoisotopic (exact) mass is 465 g/mol. The van der Waals surface area contributed by atoms with Crippen LogP contribution in [0.4, 0.5) is 11.4 Å². The number of ether oxygens (including phenoxy) is 1. The molecule has 1 amide bonds. The minimum Gasteiger partial charge on any atom is -0.452 e. The summed E-state index contributed by atoms with van der Waals surface area (Å²) in [5.41, 5.74) is 2.50. The predicted octanol–water partition coefficient (Wildman–Crippen LogP) is 2.95. The van der Waals surface area contributed by atoms with Crippen molar-refractivity contribution in [2.45, 2.75) is 24.7 Å². The van der Waals surface area contributed by atoms with Crippen molar-refractivity contribution in [2.24, 2.45) is 0 Å². The van der Waals surface area contributed by atoms with E-state index in [0.29, 0.717) is 5.69 Å². The summed E-state index contributed by atoms with van der Waals surface area (Å²) in [5, 5.41) is 2.74. The van der Waals surface area contributed by atoms with E-state index in [1.807, 2.05) is 25.1 Å². The molecule has 1 aliphatic rings. The molecule has 0 bridgehead atoms. The van der Waals surface area contributed by atoms with Gasteiger partial charge in [-0.05, 0) is 68.8 Å². The number of carbonyl (C=O) groups is 2. The van der Waals surface area contributed by atoms with E-state index >= 15 is 0 Å². The highest BCUT2D eigenvalue weighted by Crippen LogP contribution is 2.26. The van der Waals surface area contributed by atoms with Crippen LogP contribution >= 0.6 is 11.6 Å². The molecule has 0 radical (unpaired) electrons. The van der Waals surface area contributed by atoms with Crippen molar-refractivity contribution >= 4 is 44.9 Å². The van der Waals surface area contributed by atoms with Gasteiger partial charge >= 0.3 is 5.97 Å². The van der Waals surface area contributed by atoms with E-state index in [2.05, 4.69) is 14.9 Å². The Morgan fingerprint density at radius 1 is 1.13 bits per heavy atom. The summed E-state index contributed by atoms with van der Waals surface area (Å²) < 4.78 is 31.0. The van der Waals surface area contributed by atoms with E-state index in [-0.39, 0.29) is 15.5 Å². The number of nitrogens with one attached hydrogen (secondary N) is 2. The van der Waals surface area contributed by atoms with Crippen LogP contribution in [0.2, 0.25) is 5.02 Å². The second-order valence-electron chi connectivity index (χ2n) is 7.17. The number of rotatable bonds is 7. The Morgan fingerprint density at radius 3 is 2.48 bits per heavy atom. The largest absolute Gasteiger partial charge is 0.452 e. The summed E-state index contributed by atoms with van der Waals surface area (Å²) in [7, 11) is -2.50. The molecule has 1 fully saturated rings. The second-order valence-corrected chi connectivity index (χ2v) is 9.46. The highest BCUT2D eigenvalue weighted by atomic mass is 35.5. The lowest BCUT2D eigenvalue weighted by atomic mass is 10.1. The summed E-state index contributed by atoms with van der Waals surface area (Å²) in [4.78, 5) is 26.8. The van der Waals surface area contributed by atoms with Gasteiger partial charge in [-0.2, -0.15) is 0 Å². The van der Waals surface area contributed by atoms with Crippen LogP contribution in [-0.2, 0) is 19.6 Å². The van der Waals surface area contributed by atoms with Crippen LogP contribution in [0.25, 0.3) is 0 Å². The third-order valence-corrected chi connectivity index (χ3v) is 6.77. The van der Waals surface area contributed by atoms with Gasteiger partial charge in [-0.15, -0.1) is 0 Å². The maximum absolute atomic E-state index is 12.3. The molecule has 2 aromatic rings. The van der Waals surface area contributed by atoms with Crippen LogP contribution in [0, 0.1) is 6.92 Å². The number of esters is 1. The van der Waals surface area contributed by atoms with Gasteiger partial charge in [0.2, 0.25) is 10.0 Å². The van der Waals surface area contributed by atoms with Crippen molar-refractivity contribution in [3.05, 3.63) is 52.5 Å². The Labute approximate surface area is 186 Å². The summed E-state index contributed by atoms with van der Waals surface area (Å²) in [6, 6.07) is 9.45. The summed E-state index contributed by atoms with van der Waals surface area (Å²) in [6.45, 7) is 3.42. The van der Waals surface area contributed by atoms with Gasteiger partial charge in [-0.3, -0.25) is 4.79 Å². The fraction of sp³-hybridized carbons (Fsp3) is 0.333. The molecule has 1 heterocycles. The third kappa shape index (κ3) is 5.55. The average molecular weight is 466 g/mol. The van der Waals surface area contributed by atoms with Crippen LogP contribution in [-0.4, -0.2) is 47.0 Å². The first-order valence-corrected chi connectivity index (χ1v) is 11.6. The van der Waals surface area contributed by atoms with E-state index in [1.165, 1.54) is 32.0 Å². The van der Waals surface area contributed by atoms with Gasteiger partial charge in [0.1, 0.15) is 0 Å². The van der Waals surface area contributed by atoms with Crippen molar-refractivity contribution in [3.63, 3.8) is 0 Å². The van der Waals surface area contributed by atoms with Crippen LogP contribution in [0.1, 0.15) is 28.8 Å². The molecule has 3 rings (SSSR count). The van der Waals surface area contributed by atoms with Gasteiger partial charge in [0, 0.05) is 24.5 Å². The van der Waals surface area contributed by atoms with E-state index < -0.39 is 28.5 Å². The Morgan fingerprint density at radius 2 is 1.84 bits per heavy atom. The highest BCUT2D eigenvalue weighted by Gasteiger charge is 2.19. The van der Waals surface area contributed by atoms with Crippen molar-refractivity contribution in [1.29, 1.82) is 0 Å². The predicted molar refractivity (Wildman–Crippen MR) is 119 cm³/mol. The first kappa shape index (κ1) is 23.1. The number of benzene rings is 2. The van der Waals surface area contributed by atoms with Crippen molar-refractivity contribution in [1.82, 2.24) is 4.72 Å². The minimum atomic E-state index is -3.76. The molecule has 0 aromatic heterocycles. The van der Waals surface area contributed by atoms with E-state index in [9.17, 15) is 18.0 Å². The molecule has 2 N–H and O–H groups in total. The number of carbonyl (C=O) groups excluding carboxylic acids is 2. The Hall–Kier alpha value is -2.62. The normalized spacial score (nSPS) is 13.8. The molecule has 0 unspecified atom stereocenters. The number of sulfonamides is 1. The molecular weight excluding hydrogens is 442 g/mol. The van der Waals surface area contributed by atoms with Gasteiger partial charge in [0.25, 0.3) is 5.91 Å². The number of hydrogen-bond donors (Lipinski definition) is 2. The van der Waals surface area contributed by atoms with E-state index in [0.717, 1.165) is 30.4 Å². The Kier molecular flexibility index (Phi) is 7.19. The smallest absolute Gasteiger partial charge is 0.340 e. The maximum atomic E-state index is 12.3. The quantitative estimate of drug-likeness (QED) is 0.609. The van der Waals surface area contributed by atoms with Gasteiger partial charge in [-0.25, -0.2) is 17.9 Å². The molecule has 2 aromatic carbocycles. The SMILES string of the molecule is CNS(=O)(=O)c1ccc(Cl)c(C(=O)OCC(=O)Nc2ccc(N3CCCC3)cc2C)c1. The lowest BCUT2D eigenvalue weighted by Gasteiger charge is -2.19. The van der Waals surface area contributed by atoms with Crippen molar-refractivity contribution in [3.8, 4) is 0 Å². The molecule has 10 heteroatoms. The standard InChI is InChI=1S/C21H24ClN3O5S/c1-14-11-15(25-9-3-4-10-25)5-8-19(14)24-20(26)13-30-21(27)17-12-16(6-7-18(17)22)31(28,29)23-2/h5-8,11-12,23H,3-4,9-10,13H2,1-2H3,(H,24,26). The number of hydrogen-bond acceptors (Lipinski definition) is 6. The van der Waals surface area contributed by atoms with Crippen LogP contribution in [0.3, 0.4) is 0 Å². The first-order chi connectivity index (χ1) is 14.7. The number of nitrogens with zero attached hydrogens (tertiary/aromatic N) is 1. The number of halogens is 1. The molecule has 0 spiro atoms. The molecule has 1 aliphatic heterocycles. The molecule has 8 nitrogen and oxygen atoms in total. The van der Waals surface area contributed by atoms with Crippen molar-refractivity contribution in [2.75, 3.05) is 37.0 Å². The van der Waals surface area contributed by atoms with Gasteiger partial charge in [-0.1, -0.05) is 11.6 Å². The number of anilines is 2. The summed E-state index contributed by atoms with van der Waals surface area (Å²) in [5.74, 6) is -1.41. The fourth-order valence-electron chi connectivity index (χ4n) is 3.30. The summed E-state index contributed by atoms with van der Waals surface area (Å²) in [6.07, 6.45) is 2.35. The van der Waals surface area contributed by atoms with E-state index in [1.54, 1.807) is 0 Å². The molecule has 1 saturated heterocycles. The van der Waals surface area contributed by atoms with Gasteiger partial charge in [0.15, 0.2) is 6.61 Å². The average Bonchev–Trinajstić information content (AvgIpc) is 3.28. The molecule has 0 aliphatic carbocycles. The highest BCUT2D eigenvalue weighted by molar-refractivity contribution is 7.89. The molecule has 0 atom stereocenters. The first-order valence-electron chi connectivity index (χ1n) is 9.77. The Bertz CT molecular complexity index is 1100. The Balaban J connectivity index is 1.62. The fourth-order valence-corrected chi connectivity index (χ4v) is 4.25. The molecule has 166 valence electrons. The zero-order valence-electron chi connectivity index (χ0n) is 17.3. The number of aryl methyl sites for hydroxylation is 1. The topological polar surface area (TPSA) is 105 Å². The third-order valence-electron chi connectivity index (χ3n) is 5.03. The number of amides is 1. The summed E-state index contributed by atoms with van der Waals surface area (Å²) >= 11 is 6.00. The van der Waals surface area contributed by atoms with Crippen LogP contribution < -0.4 is 14.9 Å². The maximum Gasteiger partial charge on any atom is 0.340 e. The zero-order chi connectivity index (χ0) is 22.6. The minimum absolute atomic E-state index is 0.0220. The second kappa shape index (κ2) is 9.67. The van der Waals surface area contributed by atoms with Crippen molar-refractivity contribution < 1.29 is 22.7 Å². The molecular formula is C21H24ClN3O5S. The van der Waals surface area contributed by atoms with Crippen LogP contribution in [0.5, 0.6) is 0 Å². The van der Waals surface area contributed by atoms with Gasteiger partial charge < -0.3 is 15.0 Å².